The van der Waals surface area contributed by atoms with Crippen LogP contribution in [0.25, 0.3) is 0 Å². The average molecular weight is 255 g/mol. The van der Waals surface area contributed by atoms with E-state index in [0.29, 0.717) is 6.04 Å². The van der Waals surface area contributed by atoms with E-state index in [-0.39, 0.29) is 12.4 Å². The maximum absolute atomic E-state index is 4.34. The minimum Gasteiger partial charge on any atom is -0.308 e. The summed E-state index contributed by atoms with van der Waals surface area (Å²) in [6.07, 6.45) is 11.6. The lowest BCUT2D eigenvalue weighted by atomic mass is 9.97. The highest BCUT2D eigenvalue weighted by atomic mass is 35.5. The number of pyridine rings is 1. The summed E-state index contributed by atoms with van der Waals surface area (Å²) in [7, 11) is 0. The largest absolute Gasteiger partial charge is 0.308 e. The van der Waals surface area contributed by atoms with Gasteiger partial charge in [-0.25, -0.2) is 0 Å². The Bertz CT molecular complexity index is 282. The van der Waals surface area contributed by atoms with Gasteiger partial charge in [-0.05, 0) is 25.0 Å². The van der Waals surface area contributed by atoms with E-state index in [1.54, 1.807) is 0 Å². The van der Waals surface area contributed by atoms with Gasteiger partial charge in [0.25, 0.3) is 0 Å². The topological polar surface area (TPSA) is 24.9 Å². The van der Waals surface area contributed by atoms with Crippen molar-refractivity contribution in [3.63, 3.8) is 0 Å². The molecule has 0 aromatic carbocycles. The lowest BCUT2D eigenvalue weighted by Gasteiger charge is -2.20. The molecule has 1 aromatic rings. The van der Waals surface area contributed by atoms with E-state index in [9.17, 15) is 0 Å². The van der Waals surface area contributed by atoms with Crippen LogP contribution in [0.15, 0.2) is 24.4 Å². The summed E-state index contributed by atoms with van der Waals surface area (Å²) >= 11 is 0. The molecule has 0 aliphatic heterocycles. The van der Waals surface area contributed by atoms with Crippen molar-refractivity contribution in [2.45, 2.75) is 57.5 Å². The zero-order valence-corrected chi connectivity index (χ0v) is 11.2. The van der Waals surface area contributed by atoms with Crippen LogP contribution in [-0.2, 0) is 6.54 Å². The Hall–Kier alpha value is -0.600. The summed E-state index contributed by atoms with van der Waals surface area (Å²) in [6.45, 7) is 0.922. The highest BCUT2D eigenvalue weighted by molar-refractivity contribution is 5.85. The molecule has 0 radical (unpaired) electrons. The molecular weight excluding hydrogens is 232 g/mol. The Morgan fingerprint density at radius 2 is 1.76 bits per heavy atom. The molecule has 1 saturated carbocycles. The molecule has 0 unspecified atom stereocenters. The number of hydrogen-bond acceptors (Lipinski definition) is 2. The summed E-state index contributed by atoms with van der Waals surface area (Å²) in [5.74, 6) is 0. The van der Waals surface area contributed by atoms with Crippen molar-refractivity contribution >= 4 is 12.4 Å². The van der Waals surface area contributed by atoms with Crippen molar-refractivity contribution in [1.29, 1.82) is 0 Å². The first kappa shape index (κ1) is 14.5. The average Bonchev–Trinajstić information content (AvgIpc) is 2.29. The van der Waals surface area contributed by atoms with Crippen molar-refractivity contribution in [3.8, 4) is 0 Å². The number of aromatic nitrogens is 1. The van der Waals surface area contributed by atoms with E-state index in [2.05, 4.69) is 22.4 Å². The van der Waals surface area contributed by atoms with Crippen LogP contribution in [0.5, 0.6) is 0 Å². The molecule has 1 aromatic heterocycles. The van der Waals surface area contributed by atoms with Crippen LogP contribution in [0.2, 0.25) is 0 Å². The third-order valence-electron chi connectivity index (χ3n) is 3.40. The fraction of sp³-hybridized carbons (Fsp3) is 0.643. The molecule has 1 aliphatic rings. The van der Waals surface area contributed by atoms with Gasteiger partial charge >= 0.3 is 0 Å². The molecule has 2 nitrogen and oxygen atoms in total. The minimum atomic E-state index is 0. The molecule has 0 atom stereocenters. The molecule has 96 valence electrons. The zero-order chi connectivity index (χ0) is 11.1. The van der Waals surface area contributed by atoms with Crippen LogP contribution in [0, 0.1) is 0 Å². The van der Waals surface area contributed by atoms with Gasteiger partial charge in [-0.2, -0.15) is 0 Å². The lowest BCUT2D eigenvalue weighted by Crippen LogP contribution is -2.29. The highest BCUT2D eigenvalue weighted by Gasteiger charge is 2.10. The van der Waals surface area contributed by atoms with E-state index in [1.807, 2.05) is 12.3 Å². The van der Waals surface area contributed by atoms with Crippen LogP contribution >= 0.6 is 12.4 Å². The Morgan fingerprint density at radius 3 is 2.41 bits per heavy atom. The Kier molecular flexibility index (Phi) is 7.22. The number of rotatable bonds is 3. The first-order chi connectivity index (χ1) is 7.95. The monoisotopic (exact) mass is 254 g/mol. The standard InChI is InChI=1S/C14H22N2.ClH/c1-2-4-8-13(9-5-3-1)16-12-14-10-6-7-11-15-14;/h6-7,10-11,13,16H,1-5,8-9,12H2;1H. The molecule has 3 heteroatoms. The van der Waals surface area contributed by atoms with Crippen molar-refractivity contribution in [2.24, 2.45) is 0 Å². The highest BCUT2D eigenvalue weighted by Crippen LogP contribution is 2.17. The van der Waals surface area contributed by atoms with Crippen LogP contribution in [0.4, 0.5) is 0 Å². The van der Waals surface area contributed by atoms with E-state index < -0.39 is 0 Å². The predicted molar refractivity (Wildman–Crippen MR) is 74.4 cm³/mol. The summed E-state index contributed by atoms with van der Waals surface area (Å²) < 4.78 is 0. The molecule has 17 heavy (non-hydrogen) atoms. The van der Waals surface area contributed by atoms with Gasteiger partial charge in [0.05, 0.1) is 5.69 Å². The van der Waals surface area contributed by atoms with E-state index in [0.717, 1.165) is 12.2 Å². The third-order valence-corrected chi connectivity index (χ3v) is 3.40. The molecule has 0 spiro atoms. The third kappa shape index (κ3) is 5.51. The quantitative estimate of drug-likeness (QED) is 0.890. The molecule has 1 fully saturated rings. The second kappa shape index (κ2) is 8.48. The zero-order valence-electron chi connectivity index (χ0n) is 10.4. The maximum atomic E-state index is 4.34. The second-order valence-electron chi connectivity index (χ2n) is 4.74. The van der Waals surface area contributed by atoms with E-state index >= 15 is 0 Å². The summed E-state index contributed by atoms with van der Waals surface area (Å²) in [5.41, 5.74) is 1.16. The molecule has 1 N–H and O–H groups in total. The first-order valence-electron chi connectivity index (χ1n) is 6.58. The minimum absolute atomic E-state index is 0. The molecule has 2 rings (SSSR count). The van der Waals surface area contributed by atoms with E-state index in [1.165, 1.54) is 44.9 Å². The van der Waals surface area contributed by atoms with Gasteiger partial charge in [0.2, 0.25) is 0 Å². The van der Waals surface area contributed by atoms with Gasteiger partial charge in [-0.15, -0.1) is 12.4 Å². The van der Waals surface area contributed by atoms with Crippen molar-refractivity contribution in [3.05, 3.63) is 30.1 Å². The second-order valence-corrected chi connectivity index (χ2v) is 4.74. The number of nitrogens with one attached hydrogen (secondary N) is 1. The van der Waals surface area contributed by atoms with Crippen LogP contribution in [0.3, 0.4) is 0 Å². The molecule has 0 bridgehead atoms. The van der Waals surface area contributed by atoms with Gasteiger partial charge in [0.1, 0.15) is 0 Å². The first-order valence-corrected chi connectivity index (χ1v) is 6.58. The molecule has 0 saturated heterocycles. The van der Waals surface area contributed by atoms with Crippen LogP contribution in [-0.4, -0.2) is 11.0 Å². The van der Waals surface area contributed by atoms with Crippen LogP contribution in [0.1, 0.15) is 50.6 Å². The van der Waals surface area contributed by atoms with Crippen molar-refractivity contribution in [1.82, 2.24) is 10.3 Å². The van der Waals surface area contributed by atoms with Gasteiger partial charge in [0.15, 0.2) is 0 Å². The fourth-order valence-corrected chi connectivity index (χ4v) is 2.41. The van der Waals surface area contributed by atoms with Gasteiger partial charge in [-0.1, -0.05) is 38.2 Å². The predicted octanol–water partition coefficient (Wildman–Crippen LogP) is 3.71. The summed E-state index contributed by atoms with van der Waals surface area (Å²) in [5, 5.41) is 3.64. The fourth-order valence-electron chi connectivity index (χ4n) is 2.41. The normalized spacial score (nSPS) is 17.9. The summed E-state index contributed by atoms with van der Waals surface area (Å²) in [4.78, 5) is 4.34. The lowest BCUT2D eigenvalue weighted by molar-refractivity contribution is 0.387. The van der Waals surface area contributed by atoms with Crippen molar-refractivity contribution in [2.75, 3.05) is 0 Å². The van der Waals surface area contributed by atoms with Gasteiger partial charge in [-0.3, -0.25) is 4.98 Å². The molecule has 1 aliphatic carbocycles. The summed E-state index contributed by atoms with van der Waals surface area (Å²) in [6, 6.07) is 6.83. The number of hydrogen-bond donors (Lipinski definition) is 1. The molecular formula is C14H23ClN2. The Balaban J connectivity index is 0.00000144. The Labute approximate surface area is 111 Å². The maximum Gasteiger partial charge on any atom is 0.0541 e. The van der Waals surface area contributed by atoms with Crippen molar-refractivity contribution < 1.29 is 0 Å². The van der Waals surface area contributed by atoms with Crippen LogP contribution < -0.4 is 5.32 Å². The Morgan fingerprint density at radius 1 is 1.06 bits per heavy atom. The number of nitrogens with zero attached hydrogens (tertiary/aromatic N) is 1. The molecule has 1 heterocycles. The smallest absolute Gasteiger partial charge is 0.0541 e. The number of halogens is 1. The van der Waals surface area contributed by atoms with Gasteiger partial charge in [0, 0.05) is 18.8 Å². The van der Waals surface area contributed by atoms with E-state index in [4.69, 9.17) is 0 Å². The SMILES string of the molecule is Cl.c1ccc(CNC2CCCCCCC2)nc1. The molecule has 0 amide bonds. The van der Waals surface area contributed by atoms with Gasteiger partial charge < -0.3 is 5.32 Å².